The zero-order valence-electron chi connectivity index (χ0n) is 4.88. The summed E-state index contributed by atoms with van der Waals surface area (Å²) in [5.41, 5.74) is 0. The van der Waals surface area contributed by atoms with Crippen LogP contribution in [0.5, 0.6) is 0 Å². The second kappa shape index (κ2) is 2.44. The Hall–Kier alpha value is -0.120. The molecule has 0 aromatic rings. The first-order valence-corrected chi connectivity index (χ1v) is 2.93. The highest BCUT2D eigenvalue weighted by atomic mass is 16.3. The molecule has 3 N–H and O–H groups in total. The topological polar surface area (TPSA) is 49.5 Å². The van der Waals surface area contributed by atoms with E-state index >= 15 is 0 Å². The van der Waals surface area contributed by atoms with Gasteiger partial charge in [-0.05, 0) is 12.3 Å². The number of hydrogen-bond donors (Lipinski definition) is 2. The van der Waals surface area contributed by atoms with E-state index in [0.717, 1.165) is 19.5 Å². The van der Waals surface area contributed by atoms with Crippen LogP contribution in [0.3, 0.4) is 0 Å². The predicted molar refractivity (Wildman–Crippen MR) is 31.0 cm³/mol. The lowest BCUT2D eigenvalue weighted by atomic mass is 10.1. The third kappa shape index (κ3) is 1.18. The van der Waals surface area contributed by atoms with Crippen molar-refractivity contribution in [1.82, 2.24) is 5.01 Å². The molecule has 0 aromatic heterocycles. The largest absolute Gasteiger partial charge is 0.396 e. The Morgan fingerprint density at radius 2 is 2.50 bits per heavy atom. The molecule has 1 aliphatic heterocycles. The Balaban J connectivity index is 2.22. The summed E-state index contributed by atoms with van der Waals surface area (Å²) < 4.78 is 0. The van der Waals surface area contributed by atoms with Crippen LogP contribution >= 0.6 is 0 Å². The average molecular weight is 116 g/mol. The minimum absolute atomic E-state index is 0.285. The Kier molecular flexibility index (Phi) is 1.83. The monoisotopic (exact) mass is 116 g/mol. The molecule has 0 amide bonds. The zero-order valence-corrected chi connectivity index (χ0v) is 4.88. The number of rotatable bonds is 1. The number of nitrogens with zero attached hydrogens (tertiary/aromatic N) is 1. The summed E-state index contributed by atoms with van der Waals surface area (Å²) >= 11 is 0. The van der Waals surface area contributed by atoms with Crippen molar-refractivity contribution in [2.24, 2.45) is 11.8 Å². The maximum atomic E-state index is 8.60. The summed E-state index contributed by atoms with van der Waals surface area (Å²) in [4.78, 5) is 0. The summed E-state index contributed by atoms with van der Waals surface area (Å²) in [7, 11) is 0. The van der Waals surface area contributed by atoms with Crippen molar-refractivity contribution >= 4 is 0 Å². The van der Waals surface area contributed by atoms with Crippen LogP contribution in [0.15, 0.2) is 0 Å². The molecular formula is C5H12N2O. The molecule has 0 radical (unpaired) electrons. The van der Waals surface area contributed by atoms with E-state index in [4.69, 9.17) is 10.9 Å². The van der Waals surface area contributed by atoms with Gasteiger partial charge in [0.1, 0.15) is 0 Å². The lowest BCUT2D eigenvalue weighted by molar-refractivity contribution is 0.223. The number of nitrogens with two attached hydrogens (primary N) is 1. The molecule has 1 atom stereocenters. The van der Waals surface area contributed by atoms with Gasteiger partial charge in [0.2, 0.25) is 0 Å². The average Bonchev–Trinajstić information content (AvgIpc) is 2.14. The minimum atomic E-state index is 0.285. The molecule has 1 fully saturated rings. The lowest BCUT2D eigenvalue weighted by Crippen LogP contribution is -2.28. The number of aliphatic hydroxyl groups excluding tert-OH is 1. The maximum Gasteiger partial charge on any atom is 0.0472 e. The fraction of sp³-hybridized carbons (Fsp3) is 1.00. The van der Waals surface area contributed by atoms with Gasteiger partial charge in [0.05, 0.1) is 0 Å². The molecule has 3 heteroatoms. The summed E-state index contributed by atoms with van der Waals surface area (Å²) in [5, 5.41) is 10.4. The lowest BCUT2D eigenvalue weighted by Gasteiger charge is -2.05. The van der Waals surface area contributed by atoms with E-state index in [-0.39, 0.29) is 6.61 Å². The van der Waals surface area contributed by atoms with Crippen molar-refractivity contribution in [2.45, 2.75) is 6.42 Å². The summed E-state index contributed by atoms with van der Waals surface area (Å²) in [6.07, 6.45) is 1.05. The van der Waals surface area contributed by atoms with Gasteiger partial charge in [0.15, 0.2) is 0 Å². The Labute approximate surface area is 49.1 Å². The molecule has 0 bridgehead atoms. The van der Waals surface area contributed by atoms with Gasteiger partial charge in [-0.15, -0.1) is 0 Å². The van der Waals surface area contributed by atoms with Crippen molar-refractivity contribution in [3.8, 4) is 0 Å². The van der Waals surface area contributed by atoms with E-state index in [2.05, 4.69) is 0 Å². The number of hydrazine groups is 1. The Morgan fingerprint density at radius 1 is 1.75 bits per heavy atom. The Morgan fingerprint density at radius 3 is 2.75 bits per heavy atom. The molecule has 0 aliphatic carbocycles. The second-order valence-corrected chi connectivity index (χ2v) is 2.33. The van der Waals surface area contributed by atoms with E-state index in [0.29, 0.717) is 5.92 Å². The van der Waals surface area contributed by atoms with Gasteiger partial charge in [-0.25, -0.2) is 5.01 Å². The molecule has 0 saturated carbocycles. The normalized spacial score (nSPS) is 31.5. The molecule has 3 nitrogen and oxygen atoms in total. The van der Waals surface area contributed by atoms with Crippen molar-refractivity contribution in [3.63, 3.8) is 0 Å². The first-order valence-electron chi connectivity index (χ1n) is 2.93. The molecule has 0 aromatic carbocycles. The van der Waals surface area contributed by atoms with Crippen LogP contribution in [-0.2, 0) is 0 Å². The van der Waals surface area contributed by atoms with Gasteiger partial charge in [-0.3, -0.25) is 5.84 Å². The molecule has 1 rings (SSSR count). The van der Waals surface area contributed by atoms with Gasteiger partial charge >= 0.3 is 0 Å². The van der Waals surface area contributed by atoms with Gasteiger partial charge in [0.25, 0.3) is 0 Å². The fourth-order valence-electron chi connectivity index (χ4n) is 1.01. The van der Waals surface area contributed by atoms with Crippen molar-refractivity contribution < 1.29 is 5.11 Å². The van der Waals surface area contributed by atoms with Crippen molar-refractivity contribution in [2.75, 3.05) is 19.7 Å². The summed E-state index contributed by atoms with van der Waals surface area (Å²) in [6, 6.07) is 0. The highest BCUT2D eigenvalue weighted by Crippen LogP contribution is 2.10. The first-order chi connectivity index (χ1) is 3.83. The molecule has 48 valence electrons. The van der Waals surface area contributed by atoms with Gasteiger partial charge in [-0.2, -0.15) is 0 Å². The number of hydrogen-bond acceptors (Lipinski definition) is 3. The maximum absolute atomic E-state index is 8.60. The second-order valence-electron chi connectivity index (χ2n) is 2.33. The van der Waals surface area contributed by atoms with Crippen LogP contribution in [0, 0.1) is 5.92 Å². The fourth-order valence-corrected chi connectivity index (χ4v) is 1.01. The predicted octanol–water partition coefficient (Wildman–Crippen LogP) is -0.826. The highest BCUT2D eigenvalue weighted by molar-refractivity contribution is 4.69. The molecule has 1 aliphatic rings. The van der Waals surface area contributed by atoms with E-state index in [1.54, 1.807) is 5.01 Å². The molecule has 0 unspecified atom stereocenters. The van der Waals surface area contributed by atoms with E-state index < -0.39 is 0 Å². The molecule has 0 spiro atoms. The first kappa shape index (κ1) is 6.01. The van der Waals surface area contributed by atoms with E-state index in [9.17, 15) is 0 Å². The Bertz CT molecular complexity index is 76.8. The van der Waals surface area contributed by atoms with E-state index in [1.807, 2.05) is 0 Å². The zero-order chi connectivity index (χ0) is 5.98. The van der Waals surface area contributed by atoms with Gasteiger partial charge in [0, 0.05) is 19.7 Å². The molecule has 1 saturated heterocycles. The standard InChI is InChI=1S/C5H12N2O/c6-7-2-1-5(3-7)4-8/h5,8H,1-4,6H2/t5-/m1/s1. The summed E-state index contributed by atoms with van der Waals surface area (Å²) in [5.74, 6) is 5.85. The molecule has 1 heterocycles. The quantitative estimate of drug-likeness (QED) is 0.440. The highest BCUT2D eigenvalue weighted by Gasteiger charge is 2.17. The van der Waals surface area contributed by atoms with Crippen LogP contribution in [0.1, 0.15) is 6.42 Å². The van der Waals surface area contributed by atoms with Gasteiger partial charge in [-0.1, -0.05) is 0 Å². The van der Waals surface area contributed by atoms with Crippen LogP contribution in [0.4, 0.5) is 0 Å². The third-order valence-corrected chi connectivity index (χ3v) is 1.58. The smallest absolute Gasteiger partial charge is 0.0472 e. The SMILES string of the molecule is NN1CC[C@@H](CO)C1. The third-order valence-electron chi connectivity index (χ3n) is 1.58. The minimum Gasteiger partial charge on any atom is -0.396 e. The van der Waals surface area contributed by atoms with Crippen LogP contribution in [0.25, 0.3) is 0 Å². The van der Waals surface area contributed by atoms with Crippen LogP contribution < -0.4 is 5.84 Å². The van der Waals surface area contributed by atoms with Crippen LogP contribution in [-0.4, -0.2) is 29.8 Å². The van der Waals surface area contributed by atoms with Crippen molar-refractivity contribution in [3.05, 3.63) is 0 Å². The van der Waals surface area contributed by atoms with Gasteiger partial charge < -0.3 is 5.11 Å². The van der Waals surface area contributed by atoms with Crippen molar-refractivity contribution in [1.29, 1.82) is 0 Å². The summed E-state index contributed by atoms with van der Waals surface area (Å²) in [6.45, 7) is 2.08. The van der Waals surface area contributed by atoms with E-state index in [1.165, 1.54) is 0 Å². The molecular weight excluding hydrogens is 104 g/mol. The number of aliphatic hydroxyl groups is 1. The molecule has 8 heavy (non-hydrogen) atoms. The van der Waals surface area contributed by atoms with Crippen LogP contribution in [0.2, 0.25) is 0 Å².